The zero-order chi connectivity index (χ0) is 26.5. The molecule has 38 heavy (non-hydrogen) atoms. The summed E-state index contributed by atoms with van der Waals surface area (Å²) in [5.74, 6) is -0.427. The zero-order valence-electron chi connectivity index (χ0n) is 21.9. The van der Waals surface area contributed by atoms with E-state index in [-0.39, 0.29) is 11.9 Å². The zero-order valence-corrected chi connectivity index (χ0v) is 21.9. The van der Waals surface area contributed by atoms with Crippen LogP contribution in [0.4, 0.5) is 0 Å². The van der Waals surface area contributed by atoms with Crippen LogP contribution in [0.2, 0.25) is 0 Å². The Hall–Kier alpha value is -4.16. The standard InChI is InChI=1S/C32H33N3O3/c1-33-32(37)24-11-7-23(8-12-24)21-35(18-17-26-20-34-29-6-4-3-5-27(26)29)30-15-13-25-19-22(9-14-28(25)30)10-16-31(36)38-2/h3-12,14,16,19-20,30,34H,13,15,17-18,21H2,1-2H3,(H,33,37). The van der Waals surface area contributed by atoms with Gasteiger partial charge in [0.1, 0.15) is 0 Å². The first-order valence-electron chi connectivity index (χ1n) is 13.0. The van der Waals surface area contributed by atoms with E-state index in [1.807, 2.05) is 18.2 Å². The van der Waals surface area contributed by atoms with Gasteiger partial charge in [0.25, 0.3) is 5.91 Å². The molecule has 6 nitrogen and oxygen atoms in total. The highest BCUT2D eigenvalue weighted by Crippen LogP contribution is 2.37. The minimum absolute atomic E-state index is 0.0745. The maximum absolute atomic E-state index is 12.0. The number of fused-ring (bicyclic) bond motifs is 2. The van der Waals surface area contributed by atoms with E-state index >= 15 is 0 Å². The topological polar surface area (TPSA) is 74.4 Å². The SMILES string of the molecule is CNC(=O)c1ccc(CN(CCc2c[nH]c3ccccc23)C2CCc3cc(C=CC(=O)OC)ccc32)cc1. The van der Waals surface area contributed by atoms with Gasteiger partial charge in [-0.1, -0.05) is 48.5 Å². The number of aryl methyl sites for hydroxylation is 1. The quantitative estimate of drug-likeness (QED) is 0.234. The maximum atomic E-state index is 12.0. The molecule has 0 saturated heterocycles. The number of para-hydroxylation sites is 1. The number of hydrogen-bond donors (Lipinski definition) is 2. The lowest BCUT2D eigenvalue weighted by Gasteiger charge is -2.30. The summed E-state index contributed by atoms with van der Waals surface area (Å²) >= 11 is 0. The first kappa shape index (κ1) is 25.5. The van der Waals surface area contributed by atoms with E-state index in [9.17, 15) is 9.59 Å². The number of carbonyl (C=O) groups excluding carboxylic acids is 2. The summed E-state index contributed by atoms with van der Waals surface area (Å²) in [6.07, 6.45) is 8.38. The van der Waals surface area contributed by atoms with Gasteiger partial charge in [-0.2, -0.15) is 0 Å². The summed E-state index contributed by atoms with van der Waals surface area (Å²) < 4.78 is 4.72. The number of carbonyl (C=O) groups is 2. The fourth-order valence-electron chi connectivity index (χ4n) is 5.42. The summed E-state index contributed by atoms with van der Waals surface area (Å²) in [5, 5.41) is 3.96. The number of benzene rings is 3. The number of aromatic nitrogens is 1. The van der Waals surface area contributed by atoms with E-state index < -0.39 is 0 Å². The van der Waals surface area contributed by atoms with Crippen molar-refractivity contribution in [1.82, 2.24) is 15.2 Å². The highest BCUT2D eigenvalue weighted by Gasteiger charge is 2.28. The van der Waals surface area contributed by atoms with E-state index in [2.05, 4.69) is 76.0 Å². The maximum Gasteiger partial charge on any atom is 0.330 e. The fraction of sp³-hybridized carbons (Fsp3) is 0.250. The molecule has 1 aromatic heterocycles. The van der Waals surface area contributed by atoms with Crippen LogP contribution in [-0.2, 0) is 28.9 Å². The second-order valence-corrected chi connectivity index (χ2v) is 9.73. The Kier molecular flexibility index (Phi) is 7.70. The summed E-state index contributed by atoms with van der Waals surface area (Å²) in [4.78, 5) is 29.5. The number of H-pyrrole nitrogens is 1. The molecule has 2 N–H and O–H groups in total. The minimum Gasteiger partial charge on any atom is -0.466 e. The van der Waals surface area contributed by atoms with E-state index in [0.717, 1.165) is 43.4 Å². The molecule has 4 aromatic rings. The molecule has 1 aliphatic carbocycles. The lowest BCUT2D eigenvalue weighted by atomic mass is 10.0. The fourth-order valence-corrected chi connectivity index (χ4v) is 5.42. The lowest BCUT2D eigenvalue weighted by molar-refractivity contribution is -0.134. The number of ether oxygens (including phenoxy) is 1. The van der Waals surface area contributed by atoms with Gasteiger partial charge in [-0.3, -0.25) is 9.69 Å². The monoisotopic (exact) mass is 507 g/mol. The number of methoxy groups -OCH3 is 1. The van der Waals surface area contributed by atoms with Gasteiger partial charge in [0, 0.05) is 54.9 Å². The van der Waals surface area contributed by atoms with E-state index in [1.165, 1.54) is 40.8 Å². The van der Waals surface area contributed by atoms with Crippen LogP contribution >= 0.6 is 0 Å². The Morgan fingerprint density at radius 3 is 2.71 bits per heavy atom. The molecule has 5 rings (SSSR count). The molecule has 1 amide bonds. The smallest absolute Gasteiger partial charge is 0.330 e. The lowest BCUT2D eigenvalue weighted by Crippen LogP contribution is -2.29. The van der Waals surface area contributed by atoms with Crippen LogP contribution < -0.4 is 5.32 Å². The van der Waals surface area contributed by atoms with Gasteiger partial charge < -0.3 is 15.0 Å². The average Bonchev–Trinajstić information content (AvgIpc) is 3.57. The molecule has 0 fully saturated rings. The predicted molar refractivity (Wildman–Crippen MR) is 151 cm³/mol. The summed E-state index contributed by atoms with van der Waals surface area (Å²) in [6, 6.07) is 23.1. The van der Waals surface area contributed by atoms with Crippen molar-refractivity contribution >= 4 is 28.9 Å². The molecule has 3 aromatic carbocycles. The molecular formula is C32H33N3O3. The van der Waals surface area contributed by atoms with Crippen molar-refractivity contribution in [3.05, 3.63) is 112 Å². The van der Waals surface area contributed by atoms with Crippen LogP contribution in [0.3, 0.4) is 0 Å². The van der Waals surface area contributed by atoms with Gasteiger partial charge in [-0.05, 0) is 71.4 Å². The molecule has 0 spiro atoms. The largest absolute Gasteiger partial charge is 0.466 e. The van der Waals surface area contributed by atoms with Crippen LogP contribution in [0.15, 0.2) is 79.0 Å². The van der Waals surface area contributed by atoms with Gasteiger partial charge >= 0.3 is 5.97 Å². The molecule has 194 valence electrons. The number of hydrogen-bond acceptors (Lipinski definition) is 4. The van der Waals surface area contributed by atoms with Gasteiger partial charge in [0.15, 0.2) is 0 Å². The van der Waals surface area contributed by atoms with Crippen molar-refractivity contribution in [1.29, 1.82) is 0 Å². The number of nitrogens with zero attached hydrogens (tertiary/aromatic N) is 1. The number of esters is 1. The number of aromatic amines is 1. The number of amides is 1. The Morgan fingerprint density at radius 2 is 1.92 bits per heavy atom. The Balaban J connectivity index is 1.39. The van der Waals surface area contributed by atoms with Crippen LogP contribution in [0.5, 0.6) is 0 Å². The Labute approximate surface area is 223 Å². The van der Waals surface area contributed by atoms with Crippen molar-refractivity contribution in [3.63, 3.8) is 0 Å². The summed E-state index contributed by atoms with van der Waals surface area (Å²) in [5.41, 5.74) is 8.02. The molecule has 0 saturated carbocycles. The van der Waals surface area contributed by atoms with E-state index in [1.54, 1.807) is 7.05 Å². The molecule has 0 aliphatic heterocycles. The van der Waals surface area contributed by atoms with Gasteiger partial charge in [0.05, 0.1) is 7.11 Å². The van der Waals surface area contributed by atoms with Gasteiger partial charge in [0.2, 0.25) is 0 Å². The molecule has 0 bridgehead atoms. The normalized spacial score (nSPS) is 14.8. The van der Waals surface area contributed by atoms with Crippen molar-refractivity contribution < 1.29 is 14.3 Å². The third kappa shape index (κ3) is 5.55. The Bertz CT molecular complexity index is 1470. The van der Waals surface area contributed by atoms with Crippen molar-refractivity contribution in [2.45, 2.75) is 31.8 Å². The molecular weight excluding hydrogens is 474 g/mol. The van der Waals surface area contributed by atoms with Crippen LogP contribution in [0.1, 0.15) is 50.6 Å². The first-order valence-corrected chi connectivity index (χ1v) is 13.0. The number of nitrogens with one attached hydrogen (secondary N) is 2. The van der Waals surface area contributed by atoms with E-state index in [0.29, 0.717) is 11.6 Å². The van der Waals surface area contributed by atoms with Crippen molar-refractivity contribution in [2.24, 2.45) is 0 Å². The summed E-state index contributed by atoms with van der Waals surface area (Å²) in [6.45, 7) is 1.71. The van der Waals surface area contributed by atoms with Crippen LogP contribution in [0, 0.1) is 0 Å². The molecule has 1 atom stereocenters. The third-order valence-electron chi connectivity index (χ3n) is 7.44. The molecule has 1 unspecified atom stereocenters. The second-order valence-electron chi connectivity index (χ2n) is 9.73. The van der Waals surface area contributed by atoms with E-state index in [4.69, 9.17) is 4.74 Å². The molecule has 0 radical (unpaired) electrons. The van der Waals surface area contributed by atoms with Crippen LogP contribution in [-0.4, -0.2) is 42.5 Å². The highest BCUT2D eigenvalue weighted by molar-refractivity contribution is 5.94. The average molecular weight is 508 g/mol. The molecule has 6 heteroatoms. The molecule has 1 aliphatic rings. The highest BCUT2D eigenvalue weighted by atomic mass is 16.5. The van der Waals surface area contributed by atoms with Gasteiger partial charge in [-0.25, -0.2) is 4.79 Å². The third-order valence-corrected chi connectivity index (χ3v) is 7.44. The number of rotatable bonds is 9. The van der Waals surface area contributed by atoms with Crippen molar-refractivity contribution in [3.8, 4) is 0 Å². The summed E-state index contributed by atoms with van der Waals surface area (Å²) in [7, 11) is 3.04. The second kappa shape index (κ2) is 11.5. The van der Waals surface area contributed by atoms with Crippen molar-refractivity contribution in [2.75, 3.05) is 20.7 Å². The first-order chi connectivity index (χ1) is 18.6. The minimum atomic E-state index is -0.353. The molecule has 1 heterocycles. The van der Waals surface area contributed by atoms with Crippen LogP contribution in [0.25, 0.3) is 17.0 Å². The Morgan fingerprint density at radius 1 is 1.11 bits per heavy atom. The van der Waals surface area contributed by atoms with Gasteiger partial charge in [-0.15, -0.1) is 0 Å². The predicted octanol–water partition coefficient (Wildman–Crippen LogP) is 5.45.